The van der Waals surface area contributed by atoms with Crippen LogP contribution in [-0.2, 0) is 9.53 Å². The normalized spacial score (nSPS) is 17.3. The zero-order chi connectivity index (χ0) is 12.9. The Bertz CT molecular complexity index is 226. The van der Waals surface area contributed by atoms with Crippen LogP contribution in [0.3, 0.4) is 0 Å². The van der Waals surface area contributed by atoms with Crippen molar-refractivity contribution in [3.05, 3.63) is 0 Å². The summed E-state index contributed by atoms with van der Waals surface area (Å²) in [6.45, 7) is 8.17. The van der Waals surface area contributed by atoms with E-state index in [1.165, 1.54) is 14.0 Å². The van der Waals surface area contributed by atoms with Gasteiger partial charge in [0.25, 0.3) is 0 Å². The monoisotopic (exact) mass is 231 g/mol. The molecule has 16 heavy (non-hydrogen) atoms. The lowest BCUT2D eigenvalue weighted by Gasteiger charge is -2.31. The van der Waals surface area contributed by atoms with Crippen molar-refractivity contribution in [3.63, 3.8) is 0 Å². The Morgan fingerprint density at radius 2 is 1.94 bits per heavy atom. The van der Waals surface area contributed by atoms with Crippen LogP contribution in [0.15, 0.2) is 0 Å². The smallest absolute Gasteiger partial charge is 0.338 e. The lowest BCUT2D eigenvalue weighted by molar-refractivity contribution is -0.162. The molecule has 96 valence electrons. The van der Waals surface area contributed by atoms with Crippen molar-refractivity contribution in [1.82, 2.24) is 4.90 Å². The van der Waals surface area contributed by atoms with Gasteiger partial charge in [-0.05, 0) is 33.2 Å². The number of aliphatic hydroxyl groups is 1. The van der Waals surface area contributed by atoms with Gasteiger partial charge in [0.05, 0.1) is 7.11 Å². The molecule has 0 aromatic carbocycles. The molecule has 0 fully saturated rings. The third-order valence-corrected chi connectivity index (χ3v) is 2.75. The van der Waals surface area contributed by atoms with Crippen molar-refractivity contribution >= 4 is 5.97 Å². The van der Waals surface area contributed by atoms with Crippen LogP contribution in [-0.4, -0.2) is 48.3 Å². The van der Waals surface area contributed by atoms with Crippen molar-refractivity contribution in [3.8, 4) is 0 Å². The van der Waals surface area contributed by atoms with E-state index in [0.29, 0.717) is 12.0 Å². The molecule has 0 heterocycles. The van der Waals surface area contributed by atoms with Crippen LogP contribution in [0.4, 0.5) is 0 Å². The van der Waals surface area contributed by atoms with E-state index in [4.69, 9.17) is 0 Å². The summed E-state index contributed by atoms with van der Waals surface area (Å²) in [5, 5.41) is 9.92. The van der Waals surface area contributed by atoms with Crippen molar-refractivity contribution in [2.24, 2.45) is 5.92 Å². The molecule has 2 atom stereocenters. The summed E-state index contributed by atoms with van der Waals surface area (Å²) in [7, 11) is 3.19. The highest BCUT2D eigenvalue weighted by Crippen LogP contribution is 2.14. The molecule has 0 aromatic rings. The van der Waals surface area contributed by atoms with Gasteiger partial charge in [0.15, 0.2) is 5.60 Å². The average Bonchev–Trinajstić information content (AvgIpc) is 2.14. The molecule has 0 radical (unpaired) electrons. The Hall–Kier alpha value is -0.610. The van der Waals surface area contributed by atoms with E-state index in [2.05, 4.69) is 25.5 Å². The van der Waals surface area contributed by atoms with Crippen LogP contribution in [0.5, 0.6) is 0 Å². The molecule has 0 aliphatic heterocycles. The number of ether oxygens (including phenoxy) is 1. The van der Waals surface area contributed by atoms with Gasteiger partial charge in [-0.15, -0.1) is 0 Å². The second kappa shape index (κ2) is 6.21. The van der Waals surface area contributed by atoms with Crippen LogP contribution in [0.25, 0.3) is 0 Å². The third-order valence-electron chi connectivity index (χ3n) is 2.75. The van der Waals surface area contributed by atoms with E-state index in [1.54, 1.807) is 0 Å². The minimum absolute atomic E-state index is 0.285. The molecule has 1 N–H and O–H groups in total. The SMILES string of the molecule is COC(=O)C(C)(O)CN(C)C(C)CC(C)C. The van der Waals surface area contributed by atoms with Crippen molar-refractivity contribution in [1.29, 1.82) is 0 Å². The molecular formula is C12H25NO3. The quantitative estimate of drug-likeness (QED) is 0.700. The Labute approximate surface area is 98.6 Å². The summed E-state index contributed by atoms with van der Waals surface area (Å²) in [6, 6.07) is 0.330. The Morgan fingerprint density at radius 1 is 1.44 bits per heavy atom. The molecule has 0 aliphatic rings. The Kier molecular flexibility index (Phi) is 5.97. The van der Waals surface area contributed by atoms with Crippen LogP contribution in [0.1, 0.15) is 34.1 Å². The number of carbonyl (C=O) groups excluding carboxylic acids is 1. The van der Waals surface area contributed by atoms with E-state index in [-0.39, 0.29) is 6.54 Å². The summed E-state index contributed by atoms with van der Waals surface area (Å²) in [5.74, 6) is 0.0108. The largest absolute Gasteiger partial charge is 0.467 e. The van der Waals surface area contributed by atoms with Gasteiger partial charge in [0.2, 0.25) is 0 Å². The molecule has 0 saturated heterocycles. The molecule has 0 rings (SSSR count). The topological polar surface area (TPSA) is 49.8 Å². The highest BCUT2D eigenvalue weighted by molar-refractivity contribution is 5.78. The second-order valence-electron chi connectivity index (χ2n) is 5.16. The zero-order valence-electron chi connectivity index (χ0n) is 11.3. The maximum Gasteiger partial charge on any atom is 0.338 e. The molecule has 0 aromatic heterocycles. The first-order valence-electron chi connectivity index (χ1n) is 5.71. The van der Waals surface area contributed by atoms with Gasteiger partial charge in [0, 0.05) is 12.6 Å². The summed E-state index contributed by atoms with van der Waals surface area (Å²) in [5.41, 5.74) is -1.44. The van der Waals surface area contributed by atoms with E-state index in [0.717, 1.165) is 6.42 Å². The Morgan fingerprint density at radius 3 is 2.31 bits per heavy atom. The molecular weight excluding hydrogens is 206 g/mol. The van der Waals surface area contributed by atoms with Gasteiger partial charge in [-0.1, -0.05) is 13.8 Å². The van der Waals surface area contributed by atoms with Crippen LogP contribution in [0, 0.1) is 5.92 Å². The van der Waals surface area contributed by atoms with Gasteiger partial charge >= 0.3 is 5.97 Å². The van der Waals surface area contributed by atoms with Crippen LogP contribution >= 0.6 is 0 Å². The number of hydrogen-bond donors (Lipinski definition) is 1. The molecule has 4 nitrogen and oxygen atoms in total. The highest BCUT2D eigenvalue weighted by atomic mass is 16.5. The van der Waals surface area contributed by atoms with E-state index in [9.17, 15) is 9.90 Å². The van der Waals surface area contributed by atoms with Gasteiger partial charge in [-0.25, -0.2) is 4.79 Å². The third kappa shape index (κ3) is 4.94. The summed E-state index contributed by atoms with van der Waals surface area (Å²) in [4.78, 5) is 13.3. The first-order valence-corrected chi connectivity index (χ1v) is 5.71. The standard InChI is InChI=1S/C12H25NO3/c1-9(2)7-10(3)13(5)8-12(4,15)11(14)16-6/h9-10,15H,7-8H2,1-6H3. The molecule has 0 aliphatic carbocycles. The number of carbonyl (C=O) groups is 1. The number of esters is 1. The van der Waals surface area contributed by atoms with Crippen molar-refractivity contribution < 1.29 is 14.6 Å². The van der Waals surface area contributed by atoms with E-state index in [1.807, 2.05) is 11.9 Å². The number of hydrogen-bond acceptors (Lipinski definition) is 4. The molecule has 0 spiro atoms. The second-order valence-corrected chi connectivity index (χ2v) is 5.16. The molecule has 4 heteroatoms. The van der Waals surface area contributed by atoms with Gasteiger partial charge in [-0.3, -0.25) is 0 Å². The highest BCUT2D eigenvalue weighted by Gasteiger charge is 2.33. The molecule has 0 bridgehead atoms. The summed E-state index contributed by atoms with van der Waals surface area (Å²) >= 11 is 0. The molecule has 0 saturated carbocycles. The van der Waals surface area contributed by atoms with Crippen LogP contribution < -0.4 is 0 Å². The number of likely N-dealkylation sites (N-methyl/N-ethyl adjacent to an activating group) is 1. The minimum atomic E-state index is -1.44. The molecule has 0 amide bonds. The molecule has 2 unspecified atom stereocenters. The summed E-state index contributed by atoms with van der Waals surface area (Å²) in [6.07, 6.45) is 1.04. The maximum atomic E-state index is 11.3. The predicted octanol–water partition coefficient (Wildman–Crippen LogP) is 1.28. The van der Waals surface area contributed by atoms with Gasteiger partial charge in [0.1, 0.15) is 0 Å². The number of rotatable bonds is 6. The lowest BCUT2D eigenvalue weighted by Crippen LogP contribution is -2.48. The average molecular weight is 231 g/mol. The maximum absolute atomic E-state index is 11.3. The van der Waals surface area contributed by atoms with Crippen molar-refractivity contribution in [2.45, 2.75) is 45.8 Å². The zero-order valence-corrected chi connectivity index (χ0v) is 11.3. The first-order chi connectivity index (χ1) is 7.20. The fraction of sp³-hybridized carbons (Fsp3) is 0.917. The van der Waals surface area contributed by atoms with E-state index < -0.39 is 11.6 Å². The first kappa shape index (κ1) is 15.4. The summed E-state index contributed by atoms with van der Waals surface area (Å²) < 4.78 is 4.56. The predicted molar refractivity (Wildman–Crippen MR) is 64.2 cm³/mol. The lowest BCUT2D eigenvalue weighted by atomic mass is 10.0. The van der Waals surface area contributed by atoms with Gasteiger partial charge < -0.3 is 14.7 Å². The fourth-order valence-electron chi connectivity index (χ4n) is 1.79. The van der Waals surface area contributed by atoms with Gasteiger partial charge in [-0.2, -0.15) is 0 Å². The van der Waals surface area contributed by atoms with E-state index >= 15 is 0 Å². The van der Waals surface area contributed by atoms with Crippen molar-refractivity contribution in [2.75, 3.05) is 20.7 Å². The Balaban J connectivity index is 4.32. The van der Waals surface area contributed by atoms with Crippen LogP contribution in [0.2, 0.25) is 0 Å². The fourth-order valence-corrected chi connectivity index (χ4v) is 1.79. The number of nitrogens with zero attached hydrogens (tertiary/aromatic N) is 1. The number of methoxy groups -OCH3 is 1. The minimum Gasteiger partial charge on any atom is -0.467 e.